The van der Waals surface area contributed by atoms with Crippen molar-refractivity contribution in [3.05, 3.63) is 12.2 Å². The number of hydrogen-bond acceptors (Lipinski definition) is 6. The van der Waals surface area contributed by atoms with Gasteiger partial charge in [-0.1, -0.05) is 103 Å². The molecule has 0 bridgehead atoms. The van der Waals surface area contributed by atoms with Gasteiger partial charge in [0.2, 0.25) is 0 Å². The summed E-state index contributed by atoms with van der Waals surface area (Å²) in [4.78, 5) is 25.1. The number of thiol groups is 2. The van der Waals surface area contributed by atoms with E-state index in [1.54, 1.807) is 0 Å². The molecule has 0 aromatic carbocycles. The van der Waals surface area contributed by atoms with Gasteiger partial charge >= 0.3 is 11.9 Å². The molecule has 0 rings (SSSR count). The Morgan fingerprint density at radius 2 is 1.11 bits per heavy atom. The lowest BCUT2D eigenvalue weighted by Crippen LogP contribution is -2.21. The van der Waals surface area contributed by atoms with Crippen molar-refractivity contribution >= 4 is 37.2 Å². The Balaban J connectivity index is 4.34. The highest BCUT2D eigenvalue weighted by Gasteiger charge is 2.21. The molecular formula is C30H56O4S2. The number of rotatable bonds is 27. The van der Waals surface area contributed by atoms with Gasteiger partial charge in [0.25, 0.3) is 0 Å². The lowest BCUT2D eigenvalue weighted by Gasteiger charge is -2.13. The summed E-state index contributed by atoms with van der Waals surface area (Å²) >= 11 is 8.46. The standard InChI is InChI=1S/C30H56O4S2/c1-2-3-4-5-6-7-8-9-12-17-22-28(30(32)34-24-19-14-11-16-21-26-36)27-29(31)33-23-18-13-10-15-20-25-35/h17,22,28,35-36H,2-16,18-21,23-27H2,1H3. The zero-order valence-electron chi connectivity index (χ0n) is 23.2. The van der Waals surface area contributed by atoms with Gasteiger partial charge in [0, 0.05) is 0 Å². The van der Waals surface area contributed by atoms with E-state index >= 15 is 0 Å². The highest BCUT2D eigenvalue weighted by atomic mass is 32.1. The highest BCUT2D eigenvalue weighted by molar-refractivity contribution is 7.80. The van der Waals surface area contributed by atoms with Gasteiger partial charge in [-0.15, -0.1) is 0 Å². The zero-order chi connectivity index (χ0) is 26.5. The van der Waals surface area contributed by atoms with Crippen molar-refractivity contribution in [2.24, 2.45) is 5.92 Å². The molecule has 0 fully saturated rings. The molecule has 0 aliphatic rings. The van der Waals surface area contributed by atoms with Gasteiger partial charge in [-0.3, -0.25) is 9.59 Å². The van der Waals surface area contributed by atoms with E-state index in [1.807, 2.05) is 6.08 Å². The molecule has 36 heavy (non-hydrogen) atoms. The van der Waals surface area contributed by atoms with E-state index in [2.05, 4.69) is 38.3 Å². The SMILES string of the molecule is CCCCCCCCCCC=CC(CC(=O)OCCCCCCCS)C(=O)OCCCCCCCS. The Labute approximate surface area is 233 Å². The minimum Gasteiger partial charge on any atom is -0.466 e. The second-order valence-corrected chi connectivity index (χ2v) is 10.8. The maximum Gasteiger partial charge on any atom is 0.313 e. The smallest absolute Gasteiger partial charge is 0.313 e. The number of carbonyl (C=O) groups excluding carboxylic acids is 2. The van der Waals surface area contributed by atoms with Crippen molar-refractivity contribution in [3.8, 4) is 0 Å². The van der Waals surface area contributed by atoms with Crippen molar-refractivity contribution < 1.29 is 19.1 Å². The molecule has 0 N–H and O–H groups in total. The van der Waals surface area contributed by atoms with Crippen LogP contribution in [-0.2, 0) is 19.1 Å². The molecule has 1 atom stereocenters. The van der Waals surface area contributed by atoms with Crippen LogP contribution in [0.4, 0.5) is 0 Å². The third kappa shape index (κ3) is 25.0. The van der Waals surface area contributed by atoms with Crippen LogP contribution < -0.4 is 0 Å². The Kier molecular flexibility index (Phi) is 28.4. The van der Waals surface area contributed by atoms with Gasteiger partial charge in [-0.25, -0.2) is 0 Å². The monoisotopic (exact) mass is 544 g/mol. The molecule has 6 heteroatoms. The molecular weight excluding hydrogens is 488 g/mol. The van der Waals surface area contributed by atoms with Gasteiger partial charge < -0.3 is 9.47 Å². The summed E-state index contributed by atoms with van der Waals surface area (Å²) < 4.78 is 10.9. The average molecular weight is 545 g/mol. The maximum absolute atomic E-state index is 12.7. The molecule has 1 unspecified atom stereocenters. The first kappa shape index (κ1) is 35.4. The fourth-order valence-electron chi connectivity index (χ4n) is 4.08. The first-order valence-electron chi connectivity index (χ1n) is 14.9. The van der Waals surface area contributed by atoms with Crippen LogP contribution in [0.2, 0.25) is 0 Å². The van der Waals surface area contributed by atoms with E-state index in [0.29, 0.717) is 13.2 Å². The summed E-state index contributed by atoms with van der Waals surface area (Å²) in [6.45, 7) is 3.09. The van der Waals surface area contributed by atoms with E-state index in [4.69, 9.17) is 9.47 Å². The molecule has 0 radical (unpaired) electrons. The topological polar surface area (TPSA) is 52.6 Å². The van der Waals surface area contributed by atoms with Crippen LogP contribution in [0.15, 0.2) is 12.2 Å². The Morgan fingerprint density at radius 1 is 0.639 bits per heavy atom. The van der Waals surface area contributed by atoms with Gasteiger partial charge in [0.05, 0.1) is 25.6 Å². The Bertz CT molecular complexity index is 525. The van der Waals surface area contributed by atoms with Gasteiger partial charge in [-0.05, 0) is 50.0 Å². The van der Waals surface area contributed by atoms with E-state index in [-0.39, 0.29) is 18.4 Å². The summed E-state index contributed by atoms with van der Waals surface area (Å²) in [5, 5.41) is 0. The molecule has 0 saturated carbocycles. The molecule has 0 amide bonds. The fourth-order valence-corrected chi connectivity index (χ4v) is 4.53. The minimum atomic E-state index is -0.550. The Morgan fingerprint density at radius 3 is 1.67 bits per heavy atom. The van der Waals surface area contributed by atoms with Crippen molar-refractivity contribution in [2.75, 3.05) is 24.7 Å². The van der Waals surface area contributed by atoms with Gasteiger partial charge in [0.1, 0.15) is 0 Å². The van der Waals surface area contributed by atoms with Crippen molar-refractivity contribution in [1.82, 2.24) is 0 Å². The molecule has 212 valence electrons. The molecule has 4 nitrogen and oxygen atoms in total. The predicted octanol–water partition coefficient (Wildman–Crippen LogP) is 8.93. The molecule has 0 aliphatic carbocycles. The fraction of sp³-hybridized carbons (Fsp3) is 0.867. The minimum absolute atomic E-state index is 0.0638. The van der Waals surface area contributed by atoms with Crippen LogP contribution in [0.25, 0.3) is 0 Å². The molecule has 0 aromatic rings. The second-order valence-electron chi connectivity index (χ2n) is 9.87. The normalized spacial score (nSPS) is 12.2. The number of allylic oxidation sites excluding steroid dienone is 1. The van der Waals surface area contributed by atoms with Gasteiger partial charge in [-0.2, -0.15) is 25.3 Å². The van der Waals surface area contributed by atoms with Crippen LogP contribution in [-0.4, -0.2) is 36.7 Å². The first-order chi connectivity index (χ1) is 17.7. The number of hydrogen-bond donors (Lipinski definition) is 2. The van der Waals surface area contributed by atoms with Crippen molar-refractivity contribution in [1.29, 1.82) is 0 Å². The van der Waals surface area contributed by atoms with Crippen LogP contribution in [0.1, 0.15) is 135 Å². The summed E-state index contributed by atoms with van der Waals surface area (Å²) in [5.41, 5.74) is 0. The second kappa shape index (κ2) is 28.9. The van der Waals surface area contributed by atoms with E-state index in [1.165, 1.54) is 57.8 Å². The quantitative estimate of drug-likeness (QED) is 0.0469. The number of carbonyl (C=O) groups is 2. The largest absolute Gasteiger partial charge is 0.466 e. The number of esters is 2. The Hall–Kier alpha value is -0.620. The summed E-state index contributed by atoms with van der Waals surface area (Å²) in [6.07, 6.45) is 25.9. The predicted molar refractivity (Wildman–Crippen MR) is 160 cm³/mol. The van der Waals surface area contributed by atoms with Crippen molar-refractivity contribution in [2.45, 2.75) is 135 Å². The summed E-state index contributed by atoms with van der Waals surface area (Å²) in [6, 6.07) is 0. The summed E-state index contributed by atoms with van der Waals surface area (Å²) in [5.74, 6) is 0.687. The third-order valence-electron chi connectivity index (χ3n) is 6.39. The third-order valence-corrected chi connectivity index (χ3v) is 7.03. The van der Waals surface area contributed by atoms with Crippen LogP contribution in [0.3, 0.4) is 0 Å². The van der Waals surface area contributed by atoms with Crippen LogP contribution >= 0.6 is 25.3 Å². The van der Waals surface area contributed by atoms with Crippen LogP contribution in [0.5, 0.6) is 0 Å². The van der Waals surface area contributed by atoms with Gasteiger partial charge in [0.15, 0.2) is 0 Å². The molecule has 0 aromatic heterocycles. The molecule has 0 aliphatic heterocycles. The van der Waals surface area contributed by atoms with Crippen molar-refractivity contribution in [3.63, 3.8) is 0 Å². The van der Waals surface area contributed by atoms with Crippen LogP contribution in [0, 0.1) is 5.92 Å². The molecule has 0 spiro atoms. The lowest BCUT2D eigenvalue weighted by molar-refractivity contribution is -0.153. The van der Waals surface area contributed by atoms with E-state index in [9.17, 15) is 9.59 Å². The zero-order valence-corrected chi connectivity index (χ0v) is 25.0. The molecule has 0 saturated heterocycles. The highest BCUT2D eigenvalue weighted by Crippen LogP contribution is 2.14. The maximum atomic E-state index is 12.7. The summed E-state index contributed by atoms with van der Waals surface area (Å²) in [7, 11) is 0. The molecule has 0 heterocycles. The lowest BCUT2D eigenvalue weighted by atomic mass is 10.0. The average Bonchev–Trinajstić information content (AvgIpc) is 2.87. The number of unbranched alkanes of at least 4 members (excludes halogenated alkanes) is 16. The van der Waals surface area contributed by atoms with E-state index in [0.717, 1.165) is 75.7 Å². The van der Waals surface area contributed by atoms with E-state index < -0.39 is 5.92 Å². The number of ether oxygens (including phenoxy) is 2. The first-order valence-corrected chi connectivity index (χ1v) is 16.1.